The molecule has 2 fully saturated rings. The molecule has 0 bridgehead atoms. The van der Waals surface area contributed by atoms with Gasteiger partial charge in [-0.15, -0.1) is 0 Å². The Hall–Kier alpha value is -1.39. The second-order valence-electron chi connectivity index (χ2n) is 6.80. The van der Waals surface area contributed by atoms with Gasteiger partial charge in [-0.05, 0) is 69.6 Å². The monoisotopic (exact) mass is 287 g/mol. The highest BCUT2D eigenvalue weighted by Gasteiger charge is 2.57. The summed E-state index contributed by atoms with van der Waals surface area (Å²) in [6, 6.07) is 8.17. The molecular formula is C17H25N3O. The zero-order valence-corrected chi connectivity index (χ0v) is 13.0. The van der Waals surface area contributed by atoms with E-state index in [1.165, 1.54) is 5.56 Å². The maximum absolute atomic E-state index is 12.4. The second-order valence-corrected chi connectivity index (χ2v) is 6.80. The molecule has 1 unspecified atom stereocenters. The Morgan fingerprint density at radius 1 is 1.38 bits per heavy atom. The summed E-state index contributed by atoms with van der Waals surface area (Å²) in [6.07, 6.45) is 3.36. The van der Waals surface area contributed by atoms with Crippen molar-refractivity contribution in [2.75, 3.05) is 32.5 Å². The molecule has 4 heteroatoms. The molecule has 114 valence electrons. The van der Waals surface area contributed by atoms with Crippen LogP contribution in [-0.2, 0) is 11.3 Å². The van der Waals surface area contributed by atoms with Crippen LogP contribution in [0.2, 0.25) is 0 Å². The van der Waals surface area contributed by atoms with Gasteiger partial charge >= 0.3 is 0 Å². The van der Waals surface area contributed by atoms with Crippen molar-refractivity contribution in [3.05, 3.63) is 29.8 Å². The molecule has 1 aliphatic heterocycles. The summed E-state index contributed by atoms with van der Waals surface area (Å²) in [5.41, 5.74) is 2.46. The van der Waals surface area contributed by atoms with E-state index in [-0.39, 0.29) is 11.8 Å². The fourth-order valence-electron chi connectivity index (χ4n) is 3.54. The van der Waals surface area contributed by atoms with Gasteiger partial charge in [0.15, 0.2) is 0 Å². The number of carbonyl (C=O) groups excluding carboxylic acids is 1. The Morgan fingerprint density at radius 2 is 2.14 bits per heavy atom. The predicted octanol–water partition coefficient (Wildman–Crippen LogP) is 2.08. The molecule has 3 rings (SSSR count). The lowest BCUT2D eigenvalue weighted by Crippen LogP contribution is -2.31. The van der Waals surface area contributed by atoms with Crippen LogP contribution >= 0.6 is 0 Å². The number of amides is 1. The van der Waals surface area contributed by atoms with Gasteiger partial charge in [0.05, 0.1) is 0 Å². The number of hydrogen-bond acceptors (Lipinski definition) is 3. The van der Waals surface area contributed by atoms with Gasteiger partial charge in [0, 0.05) is 18.2 Å². The largest absolute Gasteiger partial charge is 0.326 e. The Kier molecular flexibility index (Phi) is 4.00. The Labute approximate surface area is 126 Å². The van der Waals surface area contributed by atoms with E-state index in [9.17, 15) is 4.79 Å². The van der Waals surface area contributed by atoms with Gasteiger partial charge in [0.2, 0.25) is 5.91 Å². The summed E-state index contributed by atoms with van der Waals surface area (Å²) in [4.78, 5) is 14.6. The third-order valence-electron chi connectivity index (χ3n) is 4.80. The van der Waals surface area contributed by atoms with Gasteiger partial charge in [-0.2, -0.15) is 0 Å². The van der Waals surface area contributed by atoms with E-state index in [4.69, 9.17) is 0 Å². The van der Waals surface area contributed by atoms with Crippen LogP contribution in [0.1, 0.15) is 24.8 Å². The van der Waals surface area contributed by atoms with Crippen molar-refractivity contribution >= 4 is 11.6 Å². The van der Waals surface area contributed by atoms with Crippen molar-refractivity contribution in [3.63, 3.8) is 0 Å². The molecule has 0 radical (unpaired) electrons. The van der Waals surface area contributed by atoms with Crippen LogP contribution in [0.4, 0.5) is 5.69 Å². The third-order valence-corrected chi connectivity index (χ3v) is 4.80. The summed E-state index contributed by atoms with van der Waals surface area (Å²) in [5.74, 6) is 0.427. The number of rotatable bonds is 4. The number of nitrogens with one attached hydrogen (secondary N) is 2. The third kappa shape index (κ3) is 3.27. The molecular weight excluding hydrogens is 262 g/mol. The lowest BCUT2D eigenvalue weighted by Gasteiger charge is -2.23. The average molecular weight is 287 g/mol. The first-order valence-corrected chi connectivity index (χ1v) is 7.84. The van der Waals surface area contributed by atoms with E-state index in [0.29, 0.717) is 5.41 Å². The Bertz CT molecular complexity index is 521. The molecule has 1 aliphatic carbocycles. The van der Waals surface area contributed by atoms with Crippen LogP contribution in [0.3, 0.4) is 0 Å². The van der Waals surface area contributed by atoms with E-state index in [1.54, 1.807) is 0 Å². The second kappa shape index (κ2) is 5.78. The first-order chi connectivity index (χ1) is 10.1. The standard InChI is InChI=1S/C17H25N3O/c1-20(2)12-13-4-3-5-14(10-13)19-16(21)15-11-17(15)6-8-18-9-7-17/h3-5,10,15,18H,6-9,11-12H2,1-2H3,(H,19,21). The predicted molar refractivity (Wildman–Crippen MR) is 85.1 cm³/mol. The van der Waals surface area contributed by atoms with Crippen molar-refractivity contribution in [3.8, 4) is 0 Å². The topological polar surface area (TPSA) is 44.4 Å². The smallest absolute Gasteiger partial charge is 0.228 e. The molecule has 2 N–H and O–H groups in total. The number of benzene rings is 1. The van der Waals surface area contributed by atoms with Crippen LogP contribution in [0.25, 0.3) is 0 Å². The Morgan fingerprint density at radius 3 is 2.86 bits per heavy atom. The minimum Gasteiger partial charge on any atom is -0.326 e. The molecule has 2 aliphatic rings. The molecule has 4 nitrogen and oxygen atoms in total. The number of carbonyl (C=O) groups is 1. The molecule has 1 spiro atoms. The highest BCUT2D eigenvalue weighted by Crippen LogP contribution is 2.58. The number of piperidine rings is 1. The van der Waals surface area contributed by atoms with Crippen molar-refractivity contribution in [2.45, 2.75) is 25.8 Å². The summed E-state index contributed by atoms with van der Waals surface area (Å²) in [7, 11) is 4.10. The zero-order chi connectivity index (χ0) is 14.9. The van der Waals surface area contributed by atoms with E-state index in [0.717, 1.165) is 44.6 Å². The lowest BCUT2D eigenvalue weighted by molar-refractivity contribution is -0.118. The molecule has 1 aromatic rings. The van der Waals surface area contributed by atoms with Crippen molar-refractivity contribution < 1.29 is 4.79 Å². The van der Waals surface area contributed by atoms with Crippen molar-refractivity contribution in [1.29, 1.82) is 0 Å². The molecule has 1 atom stereocenters. The van der Waals surface area contributed by atoms with E-state index < -0.39 is 0 Å². The number of anilines is 1. The number of nitrogens with zero attached hydrogens (tertiary/aromatic N) is 1. The van der Waals surface area contributed by atoms with Gasteiger partial charge in [0.1, 0.15) is 0 Å². The van der Waals surface area contributed by atoms with Crippen molar-refractivity contribution in [2.24, 2.45) is 11.3 Å². The zero-order valence-electron chi connectivity index (χ0n) is 13.0. The van der Waals surface area contributed by atoms with Gasteiger partial charge in [0.25, 0.3) is 0 Å². The first-order valence-electron chi connectivity index (χ1n) is 7.84. The van der Waals surface area contributed by atoms with Crippen molar-refractivity contribution in [1.82, 2.24) is 10.2 Å². The summed E-state index contributed by atoms with van der Waals surface area (Å²) >= 11 is 0. The molecule has 0 aromatic heterocycles. The van der Waals surface area contributed by atoms with E-state index in [1.807, 2.05) is 12.1 Å². The van der Waals surface area contributed by atoms with Crippen LogP contribution in [0.15, 0.2) is 24.3 Å². The molecule has 1 heterocycles. The van der Waals surface area contributed by atoms with Gasteiger partial charge in [-0.1, -0.05) is 12.1 Å². The van der Waals surface area contributed by atoms with Crippen LogP contribution in [0, 0.1) is 11.3 Å². The van der Waals surface area contributed by atoms with Gasteiger partial charge in [-0.25, -0.2) is 0 Å². The first kappa shape index (κ1) is 14.5. The minimum absolute atomic E-state index is 0.207. The fourth-order valence-corrected chi connectivity index (χ4v) is 3.54. The maximum atomic E-state index is 12.4. The van der Waals surface area contributed by atoms with Crippen LogP contribution in [0.5, 0.6) is 0 Å². The maximum Gasteiger partial charge on any atom is 0.228 e. The van der Waals surface area contributed by atoms with E-state index >= 15 is 0 Å². The summed E-state index contributed by atoms with van der Waals surface area (Å²) < 4.78 is 0. The molecule has 21 heavy (non-hydrogen) atoms. The highest BCUT2D eigenvalue weighted by molar-refractivity contribution is 5.95. The van der Waals surface area contributed by atoms with Crippen LogP contribution < -0.4 is 10.6 Å². The minimum atomic E-state index is 0.207. The number of hydrogen-bond donors (Lipinski definition) is 2. The highest BCUT2D eigenvalue weighted by atomic mass is 16.2. The fraction of sp³-hybridized carbons (Fsp3) is 0.588. The van der Waals surface area contributed by atoms with E-state index in [2.05, 4.69) is 41.8 Å². The summed E-state index contributed by atoms with van der Waals surface area (Å²) in [6.45, 7) is 3.01. The quantitative estimate of drug-likeness (QED) is 0.891. The molecule has 1 saturated carbocycles. The normalized spacial score (nSPS) is 23.3. The van der Waals surface area contributed by atoms with Gasteiger partial charge in [-0.3, -0.25) is 4.79 Å². The lowest BCUT2D eigenvalue weighted by atomic mass is 9.92. The van der Waals surface area contributed by atoms with Crippen LogP contribution in [-0.4, -0.2) is 38.0 Å². The Balaban J connectivity index is 1.60. The molecule has 1 aromatic carbocycles. The van der Waals surface area contributed by atoms with Gasteiger partial charge < -0.3 is 15.5 Å². The molecule has 1 saturated heterocycles. The molecule has 1 amide bonds. The SMILES string of the molecule is CN(C)Cc1cccc(NC(=O)C2CC23CCNCC3)c1. The average Bonchev–Trinajstić information content (AvgIpc) is 3.13. The summed E-state index contributed by atoms with van der Waals surface area (Å²) in [5, 5.41) is 6.49.